The molecule has 0 aliphatic heterocycles. The lowest BCUT2D eigenvalue weighted by Crippen LogP contribution is -2.27. The van der Waals surface area contributed by atoms with E-state index >= 15 is 0 Å². The summed E-state index contributed by atoms with van der Waals surface area (Å²) >= 11 is 5.59. The van der Waals surface area contributed by atoms with Gasteiger partial charge < -0.3 is 4.90 Å². The van der Waals surface area contributed by atoms with Crippen molar-refractivity contribution in [3.05, 3.63) is 39.4 Å². The number of halogens is 1. The SMILES string of the molecule is Cc1ccc(C(=O)N(C)CCCCCCl)cc1[N+](=O)[O-]. The molecule has 1 rings (SSSR count). The zero-order valence-corrected chi connectivity index (χ0v) is 12.5. The average Bonchev–Trinajstić information content (AvgIpc) is 2.42. The van der Waals surface area contributed by atoms with Crippen molar-refractivity contribution in [3.63, 3.8) is 0 Å². The zero-order valence-electron chi connectivity index (χ0n) is 11.8. The molecule has 0 heterocycles. The summed E-state index contributed by atoms with van der Waals surface area (Å²) in [5, 5.41) is 10.9. The number of carbonyl (C=O) groups is 1. The van der Waals surface area contributed by atoms with Gasteiger partial charge in [0.15, 0.2) is 0 Å². The molecule has 0 aromatic heterocycles. The molecular formula is C14H19ClN2O3. The van der Waals surface area contributed by atoms with Crippen molar-refractivity contribution in [2.75, 3.05) is 19.5 Å². The van der Waals surface area contributed by atoms with Crippen LogP contribution in [0.25, 0.3) is 0 Å². The summed E-state index contributed by atoms with van der Waals surface area (Å²) in [7, 11) is 1.70. The van der Waals surface area contributed by atoms with Crippen molar-refractivity contribution < 1.29 is 9.72 Å². The Bertz CT molecular complexity index is 491. The first-order valence-corrected chi connectivity index (χ1v) is 7.07. The normalized spacial score (nSPS) is 10.3. The summed E-state index contributed by atoms with van der Waals surface area (Å²) in [6, 6.07) is 4.57. The molecule has 0 aliphatic rings. The molecule has 0 spiro atoms. The van der Waals surface area contributed by atoms with Gasteiger partial charge in [-0.15, -0.1) is 11.6 Å². The van der Waals surface area contributed by atoms with Crippen LogP contribution in [-0.2, 0) is 0 Å². The largest absolute Gasteiger partial charge is 0.342 e. The lowest BCUT2D eigenvalue weighted by Gasteiger charge is -2.17. The number of hydrogen-bond acceptors (Lipinski definition) is 3. The Kier molecular flexibility index (Phi) is 6.45. The van der Waals surface area contributed by atoms with E-state index in [9.17, 15) is 14.9 Å². The molecule has 5 nitrogen and oxygen atoms in total. The van der Waals surface area contributed by atoms with Gasteiger partial charge in [-0.3, -0.25) is 14.9 Å². The fourth-order valence-corrected chi connectivity index (χ4v) is 2.07. The molecule has 0 aliphatic carbocycles. The fourth-order valence-electron chi connectivity index (χ4n) is 1.88. The third kappa shape index (κ3) is 4.49. The molecular weight excluding hydrogens is 280 g/mol. The van der Waals surface area contributed by atoms with Gasteiger partial charge >= 0.3 is 0 Å². The number of amides is 1. The van der Waals surface area contributed by atoms with Gasteiger partial charge in [0.2, 0.25) is 0 Å². The highest BCUT2D eigenvalue weighted by Crippen LogP contribution is 2.20. The highest BCUT2D eigenvalue weighted by atomic mass is 35.5. The van der Waals surface area contributed by atoms with E-state index in [4.69, 9.17) is 11.6 Å². The number of carbonyl (C=O) groups excluding carboxylic acids is 1. The number of alkyl halides is 1. The quantitative estimate of drug-likeness (QED) is 0.335. The van der Waals surface area contributed by atoms with Crippen LogP contribution >= 0.6 is 11.6 Å². The van der Waals surface area contributed by atoms with Crippen LogP contribution in [-0.4, -0.2) is 35.2 Å². The topological polar surface area (TPSA) is 63.5 Å². The Morgan fingerprint density at radius 3 is 2.65 bits per heavy atom. The van der Waals surface area contributed by atoms with E-state index in [-0.39, 0.29) is 11.6 Å². The second kappa shape index (κ2) is 7.85. The van der Waals surface area contributed by atoms with Crippen LogP contribution in [0.4, 0.5) is 5.69 Å². The standard InChI is InChI=1S/C14H19ClN2O3/c1-11-6-7-12(10-13(11)17(19)20)14(18)16(2)9-5-3-4-8-15/h6-7,10H,3-5,8-9H2,1-2H3. The maximum atomic E-state index is 12.2. The van der Waals surface area contributed by atoms with E-state index in [0.29, 0.717) is 23.6 Å². The van der Waals surface area contributed by atoms with Crippen molar-refractivity contribution in [2.45, 2.75) is 26.2 Å². The van der Waals surface area contributed by atoms with Crippen LogP contribution in [0.2, 0.25) is 0 Å². The summed E-state index contributed by atoms with van der Waals surface area (Å²) in [5.74, 6) is 0.431. The number of rotatable bonds is 7. The van der Waals surface area contributed by atoms with Gasteiger partial charge in [-0.25, -0.2) is 0 Å². The molecule has 0 unspecified atom stereocenters. The number of nitro groups is 1. The van der Waals surface area contributed by atoms with Crippen molar-refractivity contribution in [1.29, 1.82) is 0 Å². The van der Waals surface area contributed by atoms with E-state index in [1.807, 2.05) is 0 Å². The molecule has 0 atom stereocenters. The van der Waals surface area contributed by atoms with Crippen LogP contribution in [0, 0.1) is 17.0 Å². The molecule has 1 amide bonds. The Balaban J connectivity index is 2.71. The maximum Gasteiger partial charge on any atom is 0.273 e. The molecule has 1 aromatic carbocycles. The minimum atomic E-state index is -0.466. The lowest BCUT2D eigenvalue weighted by atomic mass is 10.1. The summed E-state index contributed by atoms with van der Waals surface area (Å²) in [6.07, 6.45) is 2.78. The van der Waals surface area contributed by atoms with Crippen LogP contribution in [0.5, 0.6) is 0 Å². The van der Waals surface area contributed by atoms with E-state index in [2.05, 4.69) is 0 Å². The molecule has 20 heavy (non-hydrogen) atoms. The molecule has 0 bridgehead atoms. The highest BCUT2D eigenvalue weighted by Gasteiger charge is 2.17. The minimum absolute atomic E-state index is 0.0219. The van der Waals surface area contributed by atoms with Crippen LogP contribution in [0.3, 0.4) is 0 Å². The van der Waals surface area contributed by atoms with Gasteiger partial charge in [0.1, 0.15) is 0 Å². The number of aryl methyl sites for hydroxylation is 1. The van der Waals surface area contributed by atoms with E-state index in [1.54, 1.807) is 31.0 Å². The predicted molar refractivity (Wildman–Crippen MR) is 79.4 cm³/mol. The fraction of sp³-hybridized carbons (Fsp3) is 0.500. The molecule has 110 valence electrons. The monoisotopic (exact) mass is 298 g/mol. The third-order valence-electron chi connectivity index (χ3n) is 3.13. The molecule has 0 radical (unpaired) electrons. The summed E-state index contributed by atoms with van der Waals surface area (Å²) in [4.78, 5) is 24.2. The smallest absolute Gasteiger partial charge is 0.273 e. The first kappa shape index (κ1) is 16.4. The Labute approximate surface area is 123 Å². The van der Waals surface area contributed by atoms with E-state index < -0.39 is 4.92 Å². The Hall–Kier alpha value is -1.62. The Morgan fingerprint density at radius 1 is 1.35 bits per heavy atom. The van der Waals surface area contributed by atoms with Crippen LogP contribution in [0.15, 0.2) is 18.2 Å². The second-order valence-electron chi connectivity index (χ2n) is 4.73. The number of hydrogen-bond donors (Lipinski definition) is 0. The van der Waals surface area contributed by atoms with Crippen molar-refractivity contribution in [3.8, 4) is 0 Å². The minimum Gasteiger partial charge on any atom is -0.342 e. The molecule has 0 N–H and O–H groups in total. The highest BCUT2D eigenvalue weighted by molar-refractivity contribution is 6.17. The summed E-state index contributed by atoms with van der Waals surface area (Å²) in [6.45, 7) is 2.28. The first-order valence-electron chi connectivity index (χ1n) is 6.54. The van der Waals surface area contributed by atoms with Crippen molar-refractivity contribution >= 4 is 23.2 Å². The van der Waals surface area contributed by atoms with Gasteiger partial charge in [-0.2, -0.15) is 0 Å². The van der Waals surface area contributed by atoms with Crippen molar-refractivity contribution in [1.82, 2.24) is 4.90 Å². The summed E-state index contributed by atoms with van der Waals surface area (Å²) < 4.78 is 0. The first-order chi connectivity index (χ1) is 9.47. The second-order valence-corrected chi connectivity index (χ2v) is 5.11. The molecule has 0 fully saturated rings. The van der Waals surface area contributed by atoms with Gasteiger partial charge in [0.25, 0.3) is 11.6 Å². The molecule has 0 saturated carbocycles. The molecule has 0 saturated heterocycles. The maximum absolute atomic E-state index is 12.2. The molecule has 1 aromatic rings. The van der Waals surface area contributed by atoms with Crippen molar-refractivity contribution in [2.24, 2.45) is 0 Å². The van der Waals surface area contributed by atoms with Gasteiger partial charge in [0, 0.05) is 36.7 Å². The van der Waals surface area contributed by atoms with Crippen LogP contribution < -0.4 is 0 Å². The van der Waals surface area contributed by atoms with E-state index in [1.165, 1.54) is 6.07 Å². The zero-order chi connectivity index (χ0) is 15.1. The number of unbranched alkanes of at least 4 members (excludes halogenated alkanes) is 2. The van der Waals surface area contributed by atoms with Gasteiger partial charge in [0.05, 0.1) is 4.92 Å². The predicted octanol–water partition coefficient (Wildman–Crippen LogP) is 3.38. The number of benzene rings is 1. The molecule has 6 heteroatoms. The Morgan fingerprint density at radius 2 is 2.05 bits per heavy atom. The number of nitrogens with zero attached hydrogens (tertiary/aromatic N) is 2. The van der Waals surface area contributed by atoms with Gasteiger partial charge in [-0.05, 0) is 25.8 Å². The average molecular weight is 299 g/mol. The van der Waals surface area contributed by atoms with E-state index in [0.717, 1.165) is 19.3 Å². The van der Waals surface area contributed by atoms with Gasteiger partial charge in [-0.1, -0.05) is 12.5 Å². The summed E-state index contributed by atoms with van der Waals surface area (Å²) in [5.41, 5.74) is 0.879. The third-order valence-corrected chi connectivity index (χ3v) is 3.39. The number of nitro benzene ring substituents is 1. The van der Waals surface area contributed by atoms with Crippen LogP contribution in [0.1, 0.15) is 35.2 Å². The lowest BCUT2D eigenvalue weighted by molar-refractivity contribution is -0.385.